The van der Waals surface area contributed by atoms with Gasteiger partial charge in [-0.2, -0.15) is 0 Å². The molecule has 1 aromatic carbocycles. The van der Waals surface area contributed by atoms with Crippen LogP contribution in [0.15, 0.2) is 29.6 Å². The zero-order chi connectivity index (χ0) is 18.9. The lowest BCUT2D eigenvalue weighted by Gasteiger charge is -2.26. The van der Waals surface area contributed by atoms with Crippen LogP contribution in [0.4, 0.5) is 0 Å². The third kappa shape index (κ3) is 6.36. The normalized spacial score (nSPS) is 15.0. The maximum atomic E-state index is 6.45. The van der Waals surface area contributed by atoms with Crippen LogP contribution in [0.25, 0.3) is 0 Å². The molecule has 0 spiro atoms. The van der Waals surface area contributed by atoms with Crippen molar-refractivity contribution in [3.8, 4) is 11.5 Å². The van der Waals surface area contributed by atoms with Crippen molar-refractivity contribution in [1.82, 2.24) is 10.2 Å². The predicted molar refractivity (Wildman–Crippen MR) is 110 cm³/mol. The van der Waals surface area contributed by atoms with Crippen LogP contribution in [-0.4, -0.2) is 51.4 Å². The molecular formula is C20H27ClN2O3S. The summed E-state index contributed by atoms with van der Waals surface area (Å²) >= 11 is 8.11. The minimum atomic E-state index is 0.493. The fraction of sp³-hybridized carbons (Fsp3) is 0.500. The van der Waals surface area contributed by atoms with Gasteiger partial charge in [0.1, 0.15) is 6.61 Å². The molecular weight excluding hydrogens is 384 g/mol. The van der Waals surface area contributed by atoms with Crippen molar-refractivity contribution >= 4 is 22.9 Å². The molecule has 0 saturated carbocycles. The number of thiophene rings is 1. The zero-order valence-corrected chi connectivity index (χ0v) is 17.3. The Labute approximate surface area is 170 Å². The highest BCUT2D eigenvalue weighted by Crippen LogP contribution is 2.37. The zero-order valence-electron chi connectivity index (χ0n) is 15.7. The molecule has 0 bridgehead atoms. The number of hydrogen-bond donors (Lipinski definition) is 1. The van der Waals surface area contributed by atoms with Crippen LogP contribution in [0.2, 0.25) is 5.02 Å². The van der Waals surface area contributed by atoms with E-state index in [2.05, 4.69) is 10.2 Å². The summed E-state index contributed by atoms with van der Waals surface area (Å²) in [5.41, 5.74) is 1.09. The number of rotatable bonds is 10. The van der Waals surface area contributed by atoms with Gasteiger partial charge in [-0.3, -0.25) is 4.90 Å². The van der Waals surface area contributed by atoms with Crippen molar-refractivity contribution in [2.75, 3.05) is 46.5 Å². The average Bonchev–Trinajstić information content (AvgIpc) is 3.21. The Hall–Kier alpha value is -1.31. The molecule has 1 fully saturated rings. The lowest BCUT2D eigenvalue weighted by atomic mass is 10.2. The molecule has 1 aliphatic rings. The van der Waals surface area contributed by atoms with Crippen molar-refractivity contribution in [1.29, 1.82) is 0 Å². The third-order valence-corrected chi connectivity index (χ3v) is 5.62. The van der Waals surface area contributed by atoms with Crippen molar-refractivity contribution in [3.63, 3.8) is 0 Å². The van der Waals surface area contributed by atoms with E-state index in [1.165, 1.54) is 0 Å². The Kier molecular flexibility index (Phi) is 8.23. The van der Waals surface area contributed by atoms with Crippen molar-refractivity contribution < 1.29 is 14.2 Å². The number of halogens is 1. The van der Waals surface area contributed by atoms with E-state index in [1.54, 1.807) is 18.4 Å². The summed E-state index contributed by atoms with van der Waals surface area (Å²) in [6.45, 7) is 7.11. The molecule has 1 saturated heterocycles. The van der Waals surface area contributed by atoms with Crippen LogP contribution in [0, 0.1) is 0 Å². The molecule has 2 aromatic rings. The highest BCUT2D eigenvalue weighted by atomic mass is 35.5. The van der Waals surface area contributed by atoms with Crippen LogP contribution in [0.5, 0.6) is 11.5 Å². The van der Waals surface area contributed by atoms with Crippen LogP contribution < -0.4 is 14.8 Å². The fourth-order valence-corrected chi connectivity index (χ4v) is 3.94. The van der Waals surface area contributed by atoms with Crippen molar-refractivity contribution in [2.45, 2.75) is 19.6 Å². The van der Waals surface area contributed by atoms with Crippen molar-refractivity contribution in [2.24, 2.45) is 0 Å². The van der Waals surface area contributed by atoms with Crippen LogP contribution in [0.1, 0.15) is 16.9 Å². The van der Waals surface area contributed by atoms with E-state index in [0.717, 1.165) is 62.8 Å². The van der Waals surface area contributed by atoms with Crippen LogP contribution in [-0.2, 0) is 17.9 Å². The number of morpholine rings is 1. The number of nitrogens with zero attached hydrogens (tertiary/aromatic N) is 1. The number of nitrogens with one attached hydrogen (secondary N) is 1. The van der Waals surface area contributed by atoms with Crippen molar-refractivity contribution in [3.05, 3.63) is 45.1 Å². The molecule has 0 radical (unpaired) electrons. The molecule has 0 atom stereocenters. The number of methoxy groups -OCH3 is 1. The van der Waals surface area contributed by atoms with Crippen LogP contribution >= 0.6 is 22.9 Å². The summed E-state index contributed by atoms with van der Waals surface area (Å²) in [6.07, 6.45) is 1.12. The summed E-state index contributed by atoms with van der Waals surface area (Å²) in [5, 5.41) is 6.10. The molecule has 0 unspecified atom stereocenters. The van der Waals surface area contributed by atoms with E-state index in [1.807, 2.05) is 29.6 Å². The Morgan fingerprint density at radius 3 is 2.89 bits per heavy atom. The first-order chi connectivity index (χ1) is 13.3. The second-order valence-electron chi connectivity index (χ2n) is 6.46. The van der Waals surface area contributed by atoms with Gasteiger partial charge >= 0.3 is 0 Å². The second-order valence-corrected chi connectivity index (χ2v) is 7.90. The molecule has 0 aliphatic carbocycles. The SMILES string of the molecule is COc1cc(CNCCCN2CCOCC2)cc(Cl)c1OCc1cccs1. The van der Waals surface area contributed by atoms with E-state index >= 15 is 0 Å². The van der Waals surface area contributed by atoms with E-state index in [4.69, 9.17) is 25.8 Å². The third-order valence-electron chi connectivity index (χ3n) is 4.49. The van der Waals surface area contributed by atoms with Gasteiger partial charge in [0.2, 0.25) is 0 Å². The molecule has 1 aromatic heterocycles. The van der Waals surface area contributed by atoms with Gasteiger partial charge in [0.05, 0.1) is 25.3 Å². The number of hydrogen-bond acceptors (Lipinski definition) is 6. The fourth-order valence-electron chi connectivity index (χ4n) is 3.04. The molecule has 1 N–H and O–H groups in total. The monoisotopic (exact) mass is 410 g/mol. The van der Waals surface area contributed by atoms with Crippen LogP contribution in [0.3, 0.4) is 0 Å². The number of benzene rings is 1. The first-order valence-electron chi connectivity index (χ1n) is 9.28. The lowest BCUT2D eigenvalue weighted by molar-refractivity contribution is 0.0374. The maximum absolute atomic E-state index is 6.45. The second kappa shape index (κ2) is 10.9. The summed E-state index contributed by atoms with van der Waals surface area (Å²) in [4.78, 5) is 3.60. The highest BCUT2D eigenvalue weighted by Gasteiger charge is 2.13. The van der Waals surface area contributed by atoms with Gasteiger partial charge in [0.15, 0.2) is 11.5 Å². The molecule has 0 amide bonds. The van der Waals surface area contributed by atoms with Gasteiger partial charge in [0.25, 0.3) is 0 Å². The average molecular weight is 411 g/mol. The minimum absolute atomic E-state index is 0.493. The predicted octanol–water partition coefficient (Wildman–Crippen LogP) is 3.80. The Morgan fingerprint density at radius 1 is 1.30 bits per heavy atom. The molecule has 7 heteroatoms. The van der Waals surface area contributed by atoms with E-state index in [-0.39, 0.29) is 0 Å². The van der Waals surface area contributed by atoms with E-state index in [0.29, 0.717) is 23.1 Å². The molecule has 27 heavy (non-hydrogen) atoms. The summed E-state index contributed by atoms with van der Waals surface area (Å²) in [5.74, 6) is 1.27. The summed E-state index contributed by atoms with van der Waals surface area (Å²) < 4.78 is 16.8. The van der Waals surface area contributed by atoms with Gasteiger partial charge in [-0.15, -0.1) is 11.3 Å². The summed E-state index contributed by atoms with van der Waals surface area (Å²) in [7, 11) is 1.64. The topological polar surface area (TPSA) is 43.0 Å². The Bertz CT molecular complexity index is 691. The quantitative estimate of drug-likeness (QED) is 0.603. The Morgan fingerprint density at radius 2 is 2.15 bits per heavy atom. The molecule has 2 heterocycles. The molecule has 148 valence electrons. The van der Waals surface area contributed by atoms with Gasteiger partial charge in [0, 0.05) is 24.5 Å². The van der Waals surface area contributed by atoms with Gasteiger partial charge in [-0.1, -0.05) is 17.7 Å². The van der Waals surface area contributed by atoms with Gasteiger partial charge < -0.3 is 19.5 Å². The smallest absolute Gasteiger partial charge is 0.180 e. The standard InChI is InChI=1S/C20H27ClN2O3S/c1-24-19-13-16(14-22-5-3-6-23-7-9-25-10-8-23)12-18(21)20(19)26-15-17-4-2-11-27-17/h2,4,11-13,22H,3,5-10,14-15H2,1H3. The lowest BCUT2D eigenvalue weighted by Crippen LogP contribution is -2.37. The van der Waals surface area contributed by atoms with Gasteiger partial charge in [-0.05, 0) is 48.7 Å². The molecule has 5 nitrogen and oxygen atoms in total. The molecule has 3 rings (SSSR count). The van der Waals surface area contributed by atoms with E-state index in [9.17, 15) is 0 Å². The Balaban J connectivity index is 1.46. The van der Waals surface area contributed by atoms with Gasteiger partial charge in [-0.25, -0.2) is 0 Å². The maximum Gasteiger partial charge on any atom is 0.180 e. The molecule has 1 aliphatic heterocycles. The minimum Gasteiger partial charge on any atom is -0.493 e. The number of ether oxygens (including phenoxy) is 3. The first kappa shape index (κ1) is 20.4. The largest absolute Gasteiger partial charge is 0.493 e. The highest BCUT2D eigenvalue weighted by molar-refractivity contribution is 7.09. The summed E-state index contributed by atoms with van der Waals surface area (Å²) in [6, 6.07) is 7.99. The van der Waals surface area contributed by atoms with E-state index < -0.39 is 0 Å². The first-order valence-corrected chi connectivity index (χ1v) is 10.5.